The topological polar surface area (TPSA) is 80.1 Å². The van der Waals surface area contributed by atoms with Crippen molar-refractivity contribution in [1.82, 2.24) is 24.8 Å². The van der Waals surface area contributed by atoms with E-state index in [1.54, 1.807) is 11.6 Å². The Kier molecular flexibility index (Phi) is 5.36. The lowest BCUT2D eigenvalue weighted by atomic mass is 9.94. The van der Waals surface area contributed by atoms with Gasteiger partial charge in [-0.05, 0) is 32.3 Å². The van der Waals surface area contributed by atoms with Crippen LogP contribution in [0.5, 0.6) is 0 Å². The Morgan fingerprint density at radius 3 is 2.70 bits per heavy atom. The van der Waals surface area contributed by atoms with Crippen LogP contribution in [0.3, 0.4) is 0 Å². The van der Waals surface area contributed by atoms with Crippen LogP contribution in [0.2, 0.25) is 0 Å². The quantitative estimate of drug-likeness (QED) is 0.691. The van der Waals surface area contributed by atoms with Crippen molar-refractivity contribution in [2.24, 2.45) is 7.05 Å². The first-order valence-electron chi connectivity index (χ1n) is 10.3. The molecule has 2 amide bonds. The third-order valence-electron chi connectivity index (χ3n) is 5.78. The van der Waals surface area contributed by atoms with Gasteiger partial charge in [0.25, 0.3) is 5.56 Å². The molecule has 0 saturated carbocycles. The number of aromatic nitrogens is 3. The molecule has 0 spiro atoms. The number of nitrogens with one attached hydrogen (secondary N) is 1. The van der Waals surface area contributed by atoms with Crippen LogP contribution in [-0.2, 0) is 19.0 Å². The second-order valence-corrected chi connectivity index (χ2v) is 9.23. The van der Waals surface area contributed by atoms with Crippen molar-refractivity contribution in [1.29, 1.82) is 0 Å². The second-order valence-electron chi connectivity index (χ2n) is 8.22. The zero-order valence-electron chi connectivity index (χ0n) is 17.8. The second kappa shape index (κ2) is 7.83. The maximum absolute atomic E-state index is 13.2. The summed E-state index contributed by atoms with van der Waals surface area (Å²) in [5, 5.41) is 3.95. The van der Waals surface area contributed by atoms with Gasteiger partial charge in [-0.1, -0.05) is 48.6 Å². The zero-order chi connectivity index (χ0) is 21.5. The Hall–Kier alpha value is -2.74. The van der Waals surface area contributed by atoms with E-state index in [0.717, 1.165) is 29.2 Å². The highest BCUT2D eigenvalue weighted by Gasteiger charge is 2.35. The fourth-order valence-electron chi connectivity index (χ4n) is 4.00. The highest BCUT2D eigenvalue weighted by atomic mass is 32.1. The highest BCUT2D eigenvalue weighted by molar-refractivity contribution is 7.18. The molecular weight excluding hydrogens is 398 g/mol. The van der Waals surface area contributed by atoms with Crippen LogP contribution < -0.4 is 10.9 Å². The van der Waals surface area contributed by atoms with Crippen LogP contribution in [0.15, 0.2) is 35.1 Å². The van der Waals surface area contributed by atoms with E-state index in [0.29, 0.717) is 23.3 Å². The SMILES string of the molecule is CCc1nc2sc([C@H]3CCCN3C(=O)NC(C)(C)c3ccccc3)nc2c(=O)n1C. The first-order valence-corrected chi connectivity index (χ1v) is 11.1. The maximum Gasteiger partial charge on any atom is 0.318 e. The van der Waals surface area contributed by atoms with Crippen molar-refractivity contribution < 1.29 is 4.79 Å². The Morgan fingerprint density at radius 2 is 2.00 bits per heavy atom. The molecule has 3 heterocycles. The number of nitrogens with zero attached hydrogens (tertiary/aromatic N) is 4. The highest BCUT2D eigenvalue weighted by Crippen LogP contribution is 2.36. The summed E-state index contributed by atoms with van der Waals surface area (Å²) in [5.74, 6) is 0.744. The third kappa shape index (κ3) is 3.60. The molecule has 8 heteroatoms. The fraction of sp³-hybridized carbons (Fsp3) is 0.455. The van der Waals surface area contributed by atoms with Crippen molar-refractivity contribution in [3.63, 3.8) is 0 Å². The Balaban J connectivity index is 1.61. The zero-order valence-corrected chi connectivity index (χ0v) is 18.6. The summed E-state index contributed by atoms with van der Waals surface area (Å²) in [5.41, 5.74) is 0.825. The molecule has 1 saturated heterocycles. The van der Waals surface area contributed by atoms with Crippen molar-refractivity contribution >= 4 is 27.7 Å². The molecule has 4 rings (SSSR count). The fourth-order valence-corrected chi connectivity index (χ4v) is 5.10. The van der Waals surface area contributed by atoms with Crippen LogP contribution >= 0.6 is 11.3 Å². The molecular formula is C22H27N5O2S. The van der Waals surface area contributed by atoms with E-state index >= 15 is 0 Å². The number of carbonyl (C=O) groups is 1. The van der Waals surface area contributed by atoms with E-state index in [4.69, 9.17) is 0 Å². The molecule has 1 N–H and O–H groups in total. The van der Waals surface area contributed by atoms with Crippen molar-refractivity contribution in [3.05, 3.63) is 57.1 Å². The third-order valence-corrected chi connectivity index (χ3v) is 6.83. The minimum absolute atomic E-state index is 0.110. The number of carbonyl (C=O) groups excluding carboxylic acids is 1. The Labute approximate surface area is 179 Å². The van der Waals surface area contributed by atoms with E-state index in [2.05, 4.69) is 15.3 Å². The molecule has 1 aliphatic rings. The summed E-state index contributed by atoms with van der Waals surface area (Å²) >= 11 is 1.43. The van der Waals surface area contributed by atoms with E-state index in [9.17, 15) is 9.59 Å². The summed E-state index contributed by atoms with van der Waals surface area (Å²) in [4.78, 5) is 37.6. The van der Waals surface area contributed by atoms with Crippen molar-refractivity contribution in [3.8, 4) is 0 Å². The largest absolute Gasteiger partial charge is 0.329 e. The van der Waals surface area contributed by atoms with Gasteiger partial charge in [0.05, 0.1) is 11.6 Å². The van der Waals surface area contributed by atoms with E-state index in [1.807, 2.05) is 56.0 Å². The minimum Gasteiger partial charge on any atom is -0.329 e. The summed E-state index contributed by atoms with van der Waals surface area (Å²) in [6, 6.07) is 9.70. The number of likely N-dealkylation sites (tertiary alicyclic amines) is 1. The van der Waals surface area contributed by atoms with Gasteiger partial charge in [-0.25, -0.2) is 14.8 Å². The van der Waals surface area contributed by atoms with E-state index in [1.165, 1.54) is 11.3 Å². The number of amides is 2. The molecule has 30 heavy (non-hydrogen) atoms. The van der Waals surface area contributed by atoms with Gasteiger partial charge in [0.2, 0.25) is 0 Å². The van der Waals surface area contributed by atoms with E-state index < -0.39 is 5.54 Å². The first kappa shape index (κ1) is 20.5. The predicted octanol–water partition coefficient (Wildman–Crippen LogP) is 3.73. The van der Waals surface area contributed by atoms with Gasteiger partial charge in [-0.15, -0.1) is 0 Å². The molecule has 0 unspecified atom stereocenters. The van der Waals surface area contributed by atoms with Crippen LogP contribution in [0.25, 0.3) is 10.3 Å². The molecule has 2 aromatic heterocycles. The Morgan fingerprint density at radius 1 is 1.27 bits per heavy atom. The molecule has 0 radical (unpaired) electrons. The normalized spacial score (nSPS) is 16.9. The Bertz CT molecular complexity index is 1140. The molecule has 3 aromatic rings. The van der Waals surface area contributed by atoms with Crippen LogP contribution in [0, 0.1) is 0 Å². The number of hydrogen-bond donors (Lipinski definition) is 1. The number of hydrogen-bond acceptors (Lipinski definition) is 5. The van der Waals surface area contributed by atoms with Gasteiger partial charge < -0.3 is 10.2 Å². The summed E-state index contributed by atoms with van der Waals surface area (Å²) in [6.07, 6.45) is 2.42. The number of urea groups is 1. The van der Waals surface area contributed by atoms with Crippen molar-refractivity contribution in [2.45, 2.75) is 51.6 Å². The number of rotatable bonds is 4. The van der Waals surface area contributed by atoms with Gasteiger partial charge in [0.1, 0.15) is 10.8 Å². The minimum atomic E-state index is -0.493. The molecule has 7 nitrogen and oxygen atoms in total. The maximum atomic E-state index is 13.2. The molecule has 158 valence electrons. The van der Waals surface area contributed by atoms with Crippen LogP contribution in [0.4, 0.5) is 4.79 Å². The van der Waals surface area contributed by atoms with Crippen LogP contribution in [-0.4, -0.2) is 32.0 Å². The van der Waals surface area contributed by atoms with Crippen LogP contribution in [0.1, 0.15) is 56.1 Å². The monoisotopic (exact) mass is 425 g/mol. The lowest BCUT2D eigenvalue weighted by molar-refractivity contribution is 0.182. The number of thiazole rings is 1. The average molecular weight is 426 g/mol. The number of fused-ring (bicyclic) bond motifs is 1. The lowest BCUT2D eigenvalue weighted by Crippen LogP contribution is -2.48. The summed E-state index contributed by atoms with van der Waals surface area (Å²) in [7, 11) is 1.73. The van der Waals surface area contributed by atoms with Gasteiger partial charge in [0, 0.05) is 20.0 Å². The lowest BCUT2D eigenvalue weighted by Gasteiger charge is -2.31. The van der Waals surface area contributed by atoms with Gasteiger partial charge in [-0.2, -0.15) is 0 Å². The molecule has 1 aromatic carbocycles. The van der Waals surface area contributed by atoms with Gasteiger partial charge >= 0.3 is 6.03 Å². The van der Waals surface area contributed by atoms with E-state index in [-0.39, 0.29) is 17.6 Å². The van der Waals surface area contributed by atoms with Crippen molar-refractivity contribution in [2.75, 3.05) is 6.54 Å². The molecule has 0 aliphatic carbocycles. The first-order chi connectivity index (χ1) is 14.3. The smallest absolute Gasteiger partial charge is 0.318 e. The number of aryl methyl sites for hydroxylation is 1. The average Bonchev–Trinajstić information content (AvgIpc) is 3.38. The number of benzene rings is 1. The standard InChI is InChI=1S/C22H27N5O2S/c1-5-16-23-19-17(20(28)26(16)4)24-18(30-19)15-12-9-13-27(15)21(29)25-22(2,3)14-10-7-6-8-11-14/h6-8,10-11,15H,5,9,12-13H2,1-4H3,(H,25,29)/t15-/m1/s1. The molecule has 1 aliphatic heterocycles. The van der Waals surface area contributed by atoms with Gasteiger partial charge in [0.15, 0.2) is 10.3 Å². The predicted molar refractivity (Wildman–Crippen MR) is 119 cm³/mol. The molecule has 1 atom stereocenters. The molecule has 0 bridgehead atoms. The van der Waals surface area contributed by atoms with Gasteiger partial charge in [-0.3, -0.25) is 9.36 Å². The summed E-state index contributed by atoms with van der Waals surface area (Å²) in [6.45, 7) is 6.65. The molecule has 1 fully saturated rings. The summed E-state index contributed by atoms with van der Waals surface area (Å²) < 4.78 is 1.56.